The first-order valence-electron chi connectivity index (χ1n) is 5.31. The molecule has 1 atom stereocenters. The van der Waals surface area contributed by atoms with Crippen molar-refractivity contribution in [2.45, 2.75) is 39.2 Å². The fourth-order valence-electron chi connectivity index (χ4n) is 1.82. The van der Waals surface area contributed by atoms with Gasteiger partial charge >= 0.3 is 0 Å². The molecule has 1 unspecified atom stereocenters. The number of hydrogen-bond acceptors (Lipinski definition) is 3. The topological polar surface area (TPSA) is 37.8 Å². The monoisotopic (exact) mass is 191 g/mol. The van der Waals surface area contributed by atoms with Gasteiger partial charge < -0.3 is 5.32 Å². The van der Waals surface area contributed by atoms with Gasteiger partial charge in [0.1, 0.15) is 5.82 Å². The fourth-order valence-corrected chi connectivity index (χ4v) is 1.82. The second-order valence-electron chi connectivity index (χ2n) is 4.11. The smallest absolute Gasteiger partial charge is 0.147 e. The van der Waals surface area contributed by atoms with Gasteiger partial charge in [-0.15, -0.1) is 0 Å². The SMILES string of the molecule is Cc1nccnc1NC(C)C1CCC1. The van der Waals surface area contributed by atoms with Crippen molar-refractivity contribution < 1.29 is 0 Å². The Hall–Kier alpha value is -1.12. The van der Waals surface area contributed by atoms with E-state index in [-0.39, 0.29) is 0 Å². The van der Waals surface area contributed by atoms with Crippen LogP contribution in [0, 0.1) is 12.8 Å². The number of hydrogen-bond donors (Lipinski definition) is 1. The van der Waals surface area contributed by atoms with E-state index in [0.29, 0.717) is 6.04 Å². The highest BCUT2D eigenvalue weighted by molar-refractivity contribution is 5.39. The molecule has 0 aliphatic heterocycles. The Balaban J connectivity index is 1.99. The van der Waals surface area contributed by atoms with E-state index in [0.717, 1.165) is 17.4 Å². The van der Waals surface area contributed by atoms with Gasteiger partial charge in [-0.05, 0) is 32.6 Å². The van der Waals surface area contributed by atoms with Crippen molar-refractivity contribution in [3.05, 3.63) is 18.1 Å². The number of aromatic nitrogens is 2. The molecular formula is C11H17N3. The molecule has 3 nitrogen and oxygen atoms in total. The van der Waals surface area contributed by atoms with Crippen LogP contribution in [0.15, 0.2) is 12.4 Å². The molecule has 1 saturated carbocycles. The molecule has 76 valence electrons. The summed E-state index contributed by atoms with van der Waals surface area (Å²) in [6.45, 7) is 4.22. The second kappa shape index (κ2) is 3.95. The zero-order chi connectivity index (χ0) is 9.97. The van der Waals surface area contributed by atoms with Crippen molar-refractivity contribution in [1.82, 2.24) is 9.97 Å². The number of anilines is 1. The summed E-state index contributed by atoms with van der Waals surface area (Å²) in [4.78, 5) is 8.50. The van der Waals surface area contributed by atoms with Gasteiger partial charge in [0, 0.05) is 18.4 Å². The molecule has 2 rings (SSSR count). The van der Waals surface area contributed by atoms with E-state index in [1.54, 1.807) is 12.4 Å². The Labute approximate surface area is 85.0 Å². The third-order valence-corrected chi connectivity index (χ3v) is 3.10. The van der Waals surface area contributed by atoms with Crippen molar-refractivity contribution in [3.8, 4) is 0 Å². The summed E-state index contributed by atoms with van der Waals surface area (Å²) in [5.41, 5.74) is 0.985. The zero-order valence-electron chi connectivity index (χ0n) is 8.83. The summed E-state index contributed by atoms with van der Waals surface area (Å²) in [6.07, 6.45) is 7.56. The Morgan fingerprint density at radius 2 is 2.07 bits per heavy atom. The van der Waals surface area contributed by atoms with Crippen molar-refractivity contribution in [3.63, 3.8) is 0 Å². The molecular weight excluding hydrogens is 174 g/mol. The minimum atomic E-state index is 0.527. The van der Waals surface area contributed by atoms with Gasteiger partial charge in [0.05, 0.1) is 5.69 Å². The van der Waals surface area contributed by atoms with E-state index < -0.39 is 0 Å². The number of nitrogens with zero attached hydrogens (tertiary/aromatic N) is 2. The molecule has 0 aromatic carbocycles. The van der Waals surface area contributed by atoms with Crippen molar-refractivity contribution in [2.75, 3.05) is 5.32 Å². The molecule has 1 fully saturated rings. The van der Waals surface area contributed by atoms with E-state index in [2.05, 4.69) is 22.2 Å². The predicted molar refractivity (Wildman–Crippen MR) is 57.2 cm³/mol. The fraction of sp³-hybridized carbons (Fsp3) is 0.636. The molecule has 0 radical (unpaired) electrons. The largest absolute Gasteiger partial charge is 0.366 e. The first-order valence-corrected chi connectivity index (χ1v) is 5.31. The van der Waals surface area contributed by atoms with Crippen molar-refractivity contribution in [2.24, 2.45) is 5.92 Å². The molecule has 1 N–H and O–H groups in total. The number of nitrogens with one attached hydrogen (secondary N) is 1. The van der Waals surface area contributed by atoms with E-state index in [4.69, 9.17) is 0 Å². The Morgan fingerprint density at radius 3 is 2.64 bits per heavy atom. The maximum Gasteiger partial charge on any atom is 0.147 e. The summed E-state index contributed by atoms with van der Waals surface area (Å²) in [5.74, 6) is 1.77. The van der Waals surface area contributed by atoms with E-state index in [9.17, 15) is 0 Å². The summed E-state index contributed by atoms with van der Waals surface area (Å²) in [6, 6.07) is 0.527. The molecule has 1 heterocycles. The summed E-state index contributed by atoms with van der Waals surface area (Å²) in [5, 5.41) is 3.44. The van der Waals surface area contributed by atoms with Crippen molar-refractivity contribution in [1.29, 1.82) is 0 Å². The van der Waals surface area contributed by atoms with Crippen LogP contribution >= 0.6 is 0 Å². The molecule has 0 amide bonds. The minimum Gasteiger partial charge on any atom is -0.366 e. The molecule has 0 spiro atoms. The molecule has 1 aromatic heterocycles. The van der Waals surface area contributed by atoms with Gasteiger partial charge in [0.2, 0.25) is 0 Å². The highest BCUT2D eigenvalue weighted by atomic mass is 15.0. The van der Waals surface area contributed by atoms with Gasteiger partial charge in [-0.25, -0.2) is 4.98 Å². The third kappa shape index (κ3) is 1.86. The summed E-state index contributed by atoms with van der Waals surface area (Å²) >= 11 is 0. The first kappa shape index (κ1) is 9.44. The van der Waals surface area contributed by atoms with Crippen LogP contribution < -0.4 is 5.32 Å². The van der Waals surface area contributed by atoms with Gasteiger partial charge in [-0.2, -0.15) is 0 Å². The lowest BCUT2D eigenvalue weighted by atomic mass is 9.80. The van der Waals surface area contributed by atoms with Crippen LogP contribution in [-0.2, 0) is 0 Å². The van der Waals surface area contributed by atoms with Crippen LogP contribution in [-0.4, -0.2) is 16.0 Å². The van der Waals surface area contributed by atoms with Gasteiger partial charge in [-0.1, -0.05) is 6.42 Å². The minimum absolute atomic E-state index is 0.527. The summed E-state index contributed by atoms with van der Waals surface area (Å²) in [7, 11) is 0. The maximum atomic E-state index is 4.29. The molecule has 14 heavy (non-hydrogen) atoms. The average molecular weight is 191 g/mol. The second-order valence-corrected chi connectivity index (χ2v) is 4.11. The average Bonchev–Trinajstić information content (AvgIpc) is 2.05. The van der Waals surface area contributed by atoms with Crippen LogP contribution in [0.3, 0.4) is 0 Å². The Bertz CT molecular complexity index is 307. The molecule has 0 bridgehead atoms. The molecule has 1 aliphatic rings. The lowest BCUT2D eigenvalue weighted by Gasteiger charge is -2.32. The molecule has 1 aliphatic carbocycles. The standard InChI is InChI=1S/C11H17N3/c1-8(10-4-3-5-10)14-11-9(2)12-6-7-13-11/h6-8,10H,3-5H2,1-2H3,(H,13,14). The molecule has 1 aromatic rings. The van der Waals surface area contributed by atoms with Gasteiger partial charge in [0.25, 0.3) is 0 Å². The molecule has 3 heteroatoms. The Kier molecular flexibility index (Phi) is 2.66. The van der Waals surface area contributed by atoms with Gasteiger partial charge in [-0.3, -0.25) is 4.98 Å². The lowest BCUT2D eigenvalue weighted by Crippen LogP contribution is -2.31. The van der Waals surface area contributed by atoms with Gasteiger partial charge in [0.15, 0.2) is 0 Å². The van der Waals surface area contributed by atoms with Crippen LogP contribution in [0.5, 0.6) is 0 Å². The van der Waals surface area contributed by atoms with Crippen molar-refractivity contribution >= 4 is 5.82 Å². The first-order chi connectivity index (χ1) is 6.77. The van der Waals surface area contributed by atoms with E-state index in [1.807, 2.05) is 6.92 Å². The number of aryl methyl sites for hydroxylation is 1. The van der Waals surface area contributed by atoms with Crippen LogP contribution in [0.1, 0.15) is 31.9 Å². The number of rotatable bonds is 3. The highest BCUT2D eigenvalue weighted by Gasteiger charge is 2.24. The molecule has 0 saturated heterocycles. The highest BCUT2D eigenvalue weighted by Crippen LogP contribution is 2.30. The van der Waals surface area contributed by atoms with E-state index in [1.165, 1.54) is 19.3 Å². The zero-order valence-corrected chi connectivity index (χ0v) is 8.83. The Morgan fingerprint density at radius 1 is 1.36 bits per heavy atom. The van der Waals surface area contributed by atoms with E-state index >= 15 is 0 Å². The normalized spacial score (nSPS) is 18.7. The third-order valence-electron chi connectivity index (χ3n) is 3.10. The van der Waals surface area contributed by atoms with Crippen LogP contribution in [0.2, 0.25) is 0 Å². The maximum absolute atomic E-state index is 4.29. The quantitative estimate of drug-likeness (QED) is 0.797. The lowest BCUT2D eigenvalue weighted by molar-refractivity contribution is 0.285. The van der Waals surface area contributed by atoms with Crippen LogP contribution in [0.25, 0.3) is 0 Å². The summed E-state index contributed by atoms with van der Waals surface area (Å²) < 4.78 is 0. The van der Waals surface area contributed by atoms with Crippen LogP contribution in [0.4, 0.5) is 5.82 Å². The predicted octanol–water partition coefficient (Wildman–Crippen LogP) is 2.39.